The van der Waals surface area contributed by atoms with E-state index in [4.69, 9.17) is 4.74 Å². The second-order valence-corrected chi connectivity index (χ2v) is 7.25. The van der Waals surface area contributed by atoms with E-state index in [-0.39, 0.29) is 0 Å². The summed E-state index contributed by atoms with van der Waals surface area (Å²) in [6.45, 7) is 2.95. The Labute approximate surface area is 128 Å². The van der Waals surface area contributed by atoms with Gasteiger partial charge in [0.1, 0.15) is 5.75 Å². The van der Waals surface area contributed by atoms with E-state index >= 15 is 0 Å². The molecule has 0 aromatic heterocycles. The van der Waals surface area contributed by atoms with Crippen LogP contribution in [0.15, 0.2) is 24.3 Å². The van der Waals surface area contributed by atoms with E-state index in [1.165, 1.54) is 24.8 Å². The van der Waals surface area contributed by atoms with Crippen LogP contribution in [0, 0.1) is 29.6 Å². The van der Waals surface area contributed by atoms with Crippen molar-refractivity contribution in [3.8, 4) is 5.75 Å². The Balaban J connectivity index is 1.47. The molecule has 114 valence electrons. The molecule has 5 atom stereocenters. The lowest BCUT2D eigenvalue weighted by Gasteiger charge is -2.21. The van der Waals surface area contributed by atoms with Gasteiger partial charge in [0.25, 0.3) is 0 Å². The Kier molecular flexibility index (Phi) is 3.45. The van der Waals surface area contributed by atoms with E-state index < -0.39 is 0 Å². The van der Waals surface area contributed by atoms with E-state index in [1.54, 1.807) is 0 Å². The Morgan fingerprint density at radius 3 is 2.38 bits per heavy atom. The van der Waals surface area contributed by atoms with Gasteiger partial charge in [-0.3, -0.25) is 0 Å². The lowest BCUT2D eigenvalue weighted by molar-refractivity contribution is 0.317. The van der Waals surface area contributed by atoms with Gasteiger partial charge in [-0.05, 0) is 80.0 Å². The molecule has 1 aromatic carbocycles. The van der Waals surface area contributed by atoms with Crippen LogP contribution in [-0.4, -0.2) is 13.7 Å². The highest BCUT2D eigenvalue weighted by Gasteiger charge is 2.66. The van der Waals surface area contributed by atoms with Gasteiger partial charge >= 0.3 is 0 Å². The molecule has 0 heterocycles. The molecule has 0 radical (unpaired) electrons. The first-order valence-electron chi connectivity index (χ1n) is 8.73. The molecule has 1 aromatic rings. The highest BCUT2D eigenvalue weighted by molar-refractivity contribution is 5.32. The lowest BCUT2D eigenvalue weighted by Crippen LogP contribution is -2.21. The summed E-state index contributed by atoms with van der Waals surface area (Å²) >= 11 is 0. The molecule has 0 spiro atoms. The molecule has 0 amide bonds. The number of ether oxygens (including phenoxy) is 1. The molecule has 2 nitrogen and oxygen atoms in total. The second kappa shape index (κ2) is 5.31. The SMILES string of the molecule is CCCOc1ccc(C(NC)C2C3C4CCC(C4)C32)cc1. The van der Waals surface area contributed by atoms with Gasteiger partial charge in [-0.1, -0.05) is 19.1 Å². The molecule has 2 heteroatoms. The summed E-state index contributed by atoms with van der Waals surface area (Å²) in [6, 6.07) is 9.36. The Bertz CT molecular complexity index is 481. The zero-order chi connectivity index (χ0) is 14.4. The maximum absolute atomic E-state index is 5.70. The van der Waals surface area contributed by atoms with Gasteiger partial charge in [-0.2, -0.15) is 0 Å². The molecule has 1 N–H and O–H groups in total. The summed E-state index contributed by atoms with van der Waals surface area (Å²) in [5, 5.41) is 3.60. The number of rotatable bonds is 6. The number of hydrogen-bond acceptors (Lipinski definition) is 2. The molecule has 0 saturated heterocycles. The average molecular weight is 285 g/mol. The molecule has 2 bridgehead atoms. The van der Waals surface area contributed by atoms with Crippen LogP contribution in [0.25, 0.3) is 0 Å². The summed E-state index contributed by atoms with van der Waals surface area (Å²) in [5.74, 6) is 6.05. The first-order chi connectivity index (χ1) is 10.3. The van der Waals surface area contributed by atoms with E-state index in [9.17, 15) is 0 Å². The predicted octanol–water partition coefficient (Wildman–Crippen LogP) is 4.03. The Morgan fingerprint density at radius 2 is 1.81 bits per heavy atom. The summed E-state index contributed by atoms with van der Waals surface area (Å²) in [4.78, 5) is 0. The van der Waals surface area contributed by atoms with Crippen molar-refractivity contribution in [2.24, 2.45) is 29.6 Å². The minimum Gasteiger partial charge on any atom is -0.494 e. The topological polar surface area (TPSA) is 21.3 Å². The third-order valence-corrected chi connectivity index (χ3v) is 6.20. The number of hydrogen-bond donors (Lipinski definition) is 1. The van der Waals surface area contributed by atoms with Crippen molar-refractivity contribution >= 4 is 0 Å². The van der Waals surface area contributed by atoms with Gasteiger partial charge in [-0.25, -0.2) is 0 Å². The standard InChI is InChI=1S/C19H27NO/c1-3-10-21-15-8-6-12(7-9-15)19(20-2)18-16-13-4-5-14(11-13)17(16)18/h6-9,13-14,16-20H,3-5,10-11H2,1-2H3. The molecule has 21 heavy (non-hydrogen) atoms. The van der Waals surface area contributed by atoms with E-state index in [1.807, 2.05) is 0 Å². The van der Waals surface area contributed by atoms with Gasteiger partial charge in [0.2, 0.25) is 0 Å². The van der Waals surface area contributed by atoms with Crippen LogP contribution in [0.1, 0.15) is 44.2 Å². The number of nitrogens with one attached hydrogen (secondary N) is 1. The molecule has 0 aliphatic heterocycles. The molecular formula is C19H27NO. The summed E-state index contributed by atoms with van der Waals surface area (Å²) < 4.78 is 5.70. The summed E-state index contributed by atoms with van der Waals surface area (Å²) in [7, 11) is 2.13. The zero-order valence-corrected chi connectivity index (χ0v) is 13.2. The normalized spacial score (nSPS) is 37.3. The number of fused-ring (bicyclic) bond motifs is 5. The lowest BCUT2D eigenvalue weighted by atomic mass is 9.93. The molecule has 4 rings (SSSR count). The van der Waals surface area contributed by atoms with Crippen molar-refractivity contribution < 1.29 is 4.74 Å². The van der Waals surface area contributed by atoms with Crippen LogP contribution >= 0.6 is 0 Å². The zero-order valence-electron chi connectivity index (χ0n) is 13.2. The van der Waals surface area contributed by atoms with Crippen molar-refractivity contribution in [3.63, 3.8) is 0 Å². The van der Waals surface area contributed by atoms with Crippen LogP contribution in [0.5, 0.6) is 5.75 Å². The van der Waals surface area contributed by atoms with Crippen molar-refractivity contribution in [1.29, 1.82) is 0 Å². The van der Waals surface area contributed by atoms with Crippen molar-refractivity contribution in [1.82, 2.24) is 5.32 Å². The molecule has 5 unspecified atom stereocenters. The minimum atomic E-state index is 0.545. The van der Waals surface area contributed by atoms with Gasteiger partial charge in [0.15, 0.2) is 0 Å². The highest BCUT2D eigenvalue weighted by atomic mass is 16.5. The Morgan fingerprint density at radius 1 is 1.14 bits per heavy atom. The van der Waals surface area contributed by atoms with Crippen LogP contribution in [0.4, 0.5) is 0 Å². The fourth-order valence-electron chi connectivity index (χ4n) is 5.41. The first-order valence-corrected chi connectivity index (χ1v) is 8.73. The minimum absolute atomic E-state index is 0.545. The van der Waals surface area contributed by atoms with Gasteiger partial charge in [0, 0.05) is 6.04 Å². The van der Waals surface area contributed by atoms with Crippen molar-refractivity contribution in [2.45, 2.75) is 38.6 Å². The van der Waals surface area contributed by atoms with Gasteiger partial charge in [0.05, 0.1) is 6.61 Å². The maximum Gasteiger partial charge on any atom is 0.119 e. The maximum atomic E-state index is 5.70. The highest BCUT2D eigenvalue weighted by Crippen LogP contribution is 2.72. The molecule has 3 saturated carbocycles. The third kappa shape index (κ3) is 2.19. The largest absolute Gasteiger partial charge is 0.494 e. The summed E-state index contributed by atoms with van der Waals surface area (Å²) in [6.07, 6.45) is 5.60. The molecule has 3 aliphatic rings. The quantitative estimate of drug-likeness (QED) is 0.852. The monoisotopic (exact) mass is 285 g/mol. The fraction of sp³-hybridized carbons (Fsp3) is 0.684. The molecule has 3 aliphatic carbocycles. The fourth-order valence-corrected chi connectivity index (χ4v) is 5.41. The third-order valence-electron chi connectivity index (χ3n) is 6.20. The Hall–Kier alpha value is -1.02. The molecule has 3 fully saturated rings. The summed E-state index contributed by atoms with van der Waals surface area (Å²) in [5.41, 5.74) is 1.44. The van der Waals surface area contributed by atoms with Crippen LogP contribution in [0.2, 0.25) is 0 Å². The van der Waals surface area contributed by atoms with Crippen LogP contribution < -0.4 is 10.1 Å². The first kappa shape index (κ1) is 13.6. The number of benzene rings is 1. The van der Waals surface area contributed by atoms with E-state index in [0.717, 1.165) is 48.4 Å². The molecular weight excluding hydrogens is 258 g/mol. The van der Waals surface area contributed by atoms with E-state index in [0.29, 0.717) is 6.04 Å². The smallest absolute Gasteiger partial charge is 0.119 e. The average Bonchev–Trinajstić information content (AvgIpc) is 2.93. The van der Waals surface area contributed by atoms with Gasteiger partial charge < -0.3 is 10.1 Å². The van der Waals surface area contributed by atoms with Crippen molar-refractivity contribution in [3.05, 3.63) is 29.8 Å². The van der Waals surface area contributed by atoms with Crippen molar-refractivity contribution in [2.75, 3.05) is 13.7 Å². The predicted molar refractivity (Wildman–Crippen MR) is 85.3 cm³/mol. The van der Waals surface area contributed by atoms with Crippen LogP contribution in [0.3, 0.4) is 0 Å². The second-order valence-electron chi connectivity index (χ2n) is 7.25. The van der Waals surface area contributed by atoms with E-state index in [2.05, 4.69) is 43.6 Å². The van der Waals surface area contributed by atoms with Crippen LogP contribution in [-0.2, 0) is 0 Å². The van der Waals surface area contributed by atoms with Gasteiger partial charge in [-0.15, -0.1) is 0 Å².